The number of hydrogen-bond acceptors (Lipinski definition) is 11. The lowest BCUT2D eigenvalue weighted by Crippen LogP contribution is -2.86. The van der Waals surface area contributed by atoms with E-state index in [9.17, 15) is 34.1 Å². The summed E-state index contributed by atoms with van der Waals surface area (Å²) < 4.78 is 33.6. The fourth-order valence-corrected chi connectivity index (χ4v) is 8.75. The molecular formula is C20H27N4O11PS. The second-order valence-corrected chi connectivity index (χ2v) is 13.2. The van der Waals surface area contributed by atoms with Crippen LogP contribution in [-0.2, 0) is 27.9 Å². The van der Waals surface area contributed by atoms with Gasteiger partial charge in [0.05, 0.1) is 25.4 Å². The summed E-state index contributed by atoms with van der Waals surface area (Å²) in [5.41, 5.74) is 0.610. The number of hydrogen-bond donors (Lipinski definition) is 5. The van der Waals surface area contributed by atoms with Gasteiger partial charge in [-0.25, -0.2) is 14.2 Å². The Kier molecular flexibility index (Phi) is 5.78. The summed E-state index contributed by atoms with van der Waals surface area (Å²) in [4.78, 5) is 51.1. The van der Waals surface area contributed by atoms with Gasteiger partial charge >= 0.3 is 19.9 Å². The summed E-state index contributed by atoms with van der Waals surface area (Å²) >= 11 is 1.19. The van der Waals surface area contributed by atoms with Crippen LogP contribution in [0.25, 0.3) is 0 Å². The van der Waals surface area contributed by atoms with E-state index in [4.69, 9.17) is 18.5 Å². The summed E-state index contributed by atoms with van der Waals surface area (Å²) in [5.74, 6) is -0.516. The quantitative estimate of drug-likeness (QED) is 0.248. The lowest BCUT2D eigenvalue weighted by atomic mass is 9.82. The molecule has 0 aromatic rings. The summed E-state index contributed by atoms with van der Waals surface area (Å²) in [6, 6.07) is -2.21. The zero-order valence-electron chi connectivity index (χ0n) is 19.8. The van der Waals surface area contributed by atoms with Crippen molar-refractivity contribution in [3.8, 4) is 0 Å². The predicted molar refractivity (Wildman–Crippen MR) is 122 cm³/mol. The number of thioether (sulfide) groups is 1. The molecule has 7 aliphatic heterocycles. The molecule has 0 aromatic carbocycles. The number of carbonyl (C=O) groups is 3. The molecule has 1 spiro atoms. The standard InChI is InChI=1S/C20H27N4O11PS/c1-8-5-23-13-4-10(11(6-25)33-13)35-36(30,31)32-7-12-9(26)3-14(34-12)24-15-19(2,16(27)21-17(24)28)37-20(8,15)22-18(23)29/h5,9-15,25-26H,3-4,6-7H2,1-2H3,(H,22,29)(H,30,31)(H,21,27,28)/t9-,10-,11+,12+,13+,14+,15+,19+,20-/m0/s1. The van der Waals surface area contributed by atoms with Gasteiger partial charge in [-0.15, -0.1) is 11.8 Å². The van der Waals surface area contributed by atoms with Crippen LogP contribution >= 0.6 is 19.6 Å². The van der Waals surface area contributed by atoms with E-state index in [-0.39, 0.29) is 12.8 Å². The molecule has 10 atom stereocenters. The van der Waals surface area contributed by atoms with E-state index in [1.807, 2.05) is 0 Å². The normalized spacial score (nSPS) is 49.3. The van der Waals surface area contributed by atoms with Gasteiger partial charge in [0.1, 0.15) is 40.4 Å². The number of phosphoric acid groups is 1. The zero-order chi connectivity index (χ0) is 26.5. The lowest BCUT2D eigenvalue weighted by molar-refractivity contribution is -0.134. The minimum atomic E-state index is -4.71. The predicted octanol–water partition coefficient (Wildman–Crippen LogP) is -0.863. The number of rotatable bonds is 1. The molecule has 0 aliphatic carbocycles. The highest BCUT2D eigenvalue weighted by Gasteiger charge is 2.74. The van der Waals surface area contributed by atoms with Crippen molar-refractivity contribution in [3.05, 3.63) is 11.8 Å². The van der Waals surface area contributed by atoms with Crippen LogP contribution in [-0.4, -0.2) is 109 Å². The third-order valence-electron chi connectivity index (χ3n) is 7.77. The molecule has 15 nitrogen and oxygen atoms in total. The fourth-order valence-electron chi connectivity index (χ4n) is 5.95. The number of aliphatic hydroxyl groups is 2. The molecular weight excluding hydrogens is 535 g/mol. The molecule has 6 bridgehead atoms. The molecule has 0 saturated carbocycles. The largest absolute Gasteiger partial charge is 0.472 e. The first kappa shape index (κ1) is 25.5. The van der Waals surface area contributed by atoms with E-state index in [1.165, 1.54) is 27.8 Å². The fraction of sp³-hybridized carbons (Fsp3) is 0.750. The van der Waals surface area contributed by atoms with Crippen molar-refractivity contribution in [2.75, 3.05) is 13.2 Å². The smallest absolute Gasteiger partial charge is 0.394 e. The SMILES string of the molecule is CC1=CN2C(=O)N[C@]13S[C@@]1(C)C(=O)NC(=O)N([C@H]13)[C@H]1C[C@H](O)[C@@H](COP(=O)(O)O[C@H]3C[C@H]2O[C@@H]3CO)O1. The van der Waals surface area contributed by atoms with Crippen LogP contribution in [0.5, 0.6) is 0 Å². The van der Waals surface area contributed by atoms with Crippen molar-refractivity contribution < 1.29 is 52.6 Å². The van der Waals surface area contributed by atoms with Gasteiger partial charge in [0.2, 0.25) is 5.91 Å². The van der Waals surface area contributed by atoms with Crippen LogP contribution < -0.4 is 10.6 Å². The average Bonchev–Trinajstić information content (AvgIpc) is 3.38. The first-order valence-electron chi connectivity index (χ1n) is 11.8. The van der Waals surface area contributed by atoms with E-state index in [0.29, 0.717) is 5.57 Å². The molecule has 17 heteroatoms. The first-order valence-corrected chi connectivity index (χ1v) is 14.1. The highest BCUT2D eigenvalue weighted by atomic mass is 32.2. The molecule has 7 heterocycles. The Morgan fingerprint density at radius 2 is 1.95 bits per heavy atom. The molecule has 7 aliphatic rings. The molecule has 5 N–H and O–H groups in total. The van der Waals surface area contributed by atoms with E-state index in [0.717, 1.165) is 0 Å². The Balaban J connectivity index is 1.44. The number of imide groups is 1. The maximum Gasteiger partial charge on any atom is 0.472 e. The summed E-state index contributed by atoms with van der Waals surface area (Å²) in [7, 11) is -4.71. The second-order valence-electron chi connectivity index (χ2n) is 10.1. The summed E-state index contributed by atoms with van der Waals surface area (Å²) in [6.45, 7) is 2.34. The Morgan fingerprint density at radius 1 is 1.19 bits per heavy atom. The van der Waals surface area contributed by atoms with E-state index in [2.05, 4.69) is 10.6 Å². The molecule has 5 saturated heterocycles. The van der Waals surface area contributed by atoms with E-state index < -0.39 is 91.5 Å². The van der Waals surface area contributed by atoms with Gasteiger partial charge in [0.25, 0.3) is 0 Å². The van der Waals surface area contributed by atoms with Crippen molar-refractivity contribution in [1.29, 1.82) is 0 Å². The van der Waals surface area contributed by atoms with Gasteiger partial charge in [0, 0.05) is 19.0 Å². The number of ether oxygens (including phenoxy) is 2. The van der Waals surface area contributed by atoms with Crippen molar-refractivity contribution in [2.24, 2.45) is 0 Å². The van der Waals surface area contributed by atoms with Crippen LogP contribution in [0.4, 0.5) is 9.59 Å². The Morgan fingerprint density at radius 3 is 2.68 bits per heavy atom. The second kappa shape index (κ2) is 8.37. The minimum absolute atomic E-state index is 0.0464. The Labute approximate surface area is 215 Å². The molecule has 0 aromatic heterocycles. The lowest BCUT2D eigenvalue weighted by Gasteiger charge is -2.66. The van der Waals surface area contributed by atoms with Gasteiger partial charge in [-0.2, -0.15) is 0 Å². The maximum atomic E-state index is 13.4. The van der Waals surface area contributed by atoms with Crippen molar-refractivity contribution >= 4 is 37.6 Å². The first-order chi connectivity index (χ1) is 17.4. The minimum Gasteiger partial charge on any atom is -0.394 e. The topological polar surface area (TPSA) is 196 Å². The van der Waals surface area contributed by atoms with Gasteiger partial charge < -0.3 is 29.9 Å². The number of carbonyl (C=O) groups excluding carboxylic acids is 3. The molecule has 7 rings (SSSR count). The molecule has 5 amide bonds. The van der Waals surface area contributed by atoms with Gasteiger partial charge in [-0.05, 0) is 19.4 Å². The van der Waals surface area contributed by atoms with Crippen molar-refractivity contribution in [3.63, 3.8) is 0 Å². The Bertz CT molecular complexity index is 1140. The number of phosphoric ester groups is 1. The van der Waals surface area contributed by atoms with Crippen LogP contribution in [0.15, 0.2) is 11.8 Å². The van der Waals surface area contributed by atoms with E-state index >= 15 is 0 Å². The number of amides is 5. The number of fused-ring (bicyclic) bond motifs is 4. The molecule has 37 heavy (non-hydrogen) atoms. The van der Waals surface area contributed by atoms with Gasteiger partial charge in [-0.3, -0.25) is 29.0 Å². The molecule has 0 radical (unpaired) electrons. The van der Waals surface area contributed by atoms with Gasteiger partial charge in [-0.1, -0.05) is 0 Å². The number of urea groups is 2. The number of nitrogens with one attached hydrogen (secondary N) is 2. The van der Waals surface area contributed by atoms with Crippen LogP contribution in [0.1, 0.15) is 26.7 Å². The highest BCUT2D eigenvalue weighted by Crippen LogP contribution is 2.62. The molecule has 204 valence electrons. The number of nitrogens with zero attached hydrogens (tertiary/aromatic N) is 2. The van der Waals surface area contributed by atoms with Crippen LogP contribution in [0.2, 0.25) is 0 Å². The Hall–Kier alpha value is -1.75. The average molecular weight is 562 g/mol. The van der Waals surface area contributed by atoms with Crippen molar-refractivity contribution in [1.82, 2.24) is 20.4 Å². The van der Waals surface area contributed by atoms with Crippen molar-refractivity contribution in [2.45, 2.75) is 79.2 Å². The highest BCUT2D eigenvalue weighted by molar-refractivity contribution is 8.04. The van der Waals surface area contributed by atoms with Crippen LogP contribution in [0.3, 0.4) is 0 Å². The zero-order valence-corrected chi connectivity index (χ0v) is 21.5. The van der Waals surface area contributed by atoms with Crippen LogP contribution in [0, 0.1) is 0 Å². The summed E-state index contributed by atoms with van der Waals surface area (Å²) in [5, 5.41) is 25.7. The monoisotopic (exact) mass is 562 g/mol. The van der Waals surface area contributed by atoms with Gasteiger partial charge in [0.15, 0.2) is 0 Å². The van der Waals surface area contributed by atoms with E-state index in [1.54, 1.807) is 13.8 Å². The maximum absolute atomic E-state index is 13.4. The number of aliphatic hydroxyl groups excluding tert-OH is 2. The molecule has 5 fully saturated rings. The molecule has 1 unspecified atom stereocenters. The summed E-state index contributed by atoms with van der Waals surface area (Å²) in [6.07, 6.45) is -4.88. The third kappa shape index (κ3) is 3.69. The third-order valence-corrected chi connectivity index (χ3v) is 10.6.